The van der Waals surface area contributed by atoms with E-state index >= 15 is 0 Å². The van der Waals surface area contributed by atoms with Gasteiger partial charge in [-0.05, 0) is 27.7 Å². The Morgan fingerprint density at radius 2 is 1.08 bits per heavy atom. The van der Waals surface area contributed by atoms with Gasteiger partial charge in [-0.2, -0.15) is 10.2 Å². The van der Waals surface area contributed by atoms with Crippen LogP contribution >= 0.6 is 0 Å². The maximum Gasteiger partial charge on any atom is 0.311 e. The summed E-state index contributed by atoms with van der Waals surface area (Å²) >= 11 is 0. The van der Waals surface area contributed by atoms with Crippen LogP contribution in [0.1, 0.15) is 47.0 Å². The van der Waals surface area contributed by atoms with Gasteiger partial charge in [0.25, 0.3) is 0 Å². The zero-order chi connectivity index (χ0) is 19.2. The van der Waals surface area contributed by atoms with Gasteiger partial charge in [-0.3, -0.25) is 19.2 Å². The van der Waals surface area contributed by atoms with Crippen LogP contribution < -0.4 is 10.9 Å². The van der Waals surface area contributed by atoms with Gasteiger partial charge in [0.05, 0.1) is 26.1 Å². The molecule has 0 spiro atoms. The predicted octanol–water partition coefficient (Wildman–Crippen LogP) is 0.267. The van der Waals surface area contributed by atoms with E-state index in [2.05, 4.69) is 21.1 Å². The van der Waals surface area contributed by atoms with Crippen LogP contribution in [0.25, 0.3) is 0 Å². The highest BCUT2D eigenvalue weighted by atomic mass is 16.5. The molecule has 25 heavy (non-hydrogen) atoms. The van der Waals surface area contributed by atoms with Crippen LogP contribution in [0.15, 0.2) is 10.2 Å². The van der Waals surface area contributed by atoms with E-state index in [1.165, 1.54) is 0 Å². The van der Waals surface area contributed by atoms with Crippen molar-refractivity contribution in [2.24, 2.45) is 10.2 Å². The number of nitrogens with one attached hydrogen (secondary N) is 2. The van der Waals surface area contributed by atoms with E-state index in [0.717, 1.165) is 0 Å². The third kappa shape index (κ3) is 12.3. The summed E-state index contributed by atoms with van der Waals surface area (Å²) in [4.78, 5) is 45.5. The van der Waals surface area contributed by atoms with Gasteiger partial charge in [0.15, 0.2) is 0 Å². The minimum Gasteiger partial charge on any atom is -0.466 e. The third-order valence-corrected chi connectivity index (χ3v) is 2.48. The van der Waals surface area contributed by atoms with Crippen molar-refractivity contribution in [1.82, 2.24) is 10.9 Å². The maximum absolute atomic E-state index is 11.6. The topological polar surface area (TPSA) is 136 Å². The number of amides is 2. The van der Waals surface area contributed by atoms with E-state index in [1.54, 1.807) is 27.7 Å². The second-order valence-corrected chi connectivity index (χ2v) is 4.90. The molecule has 0 radical (unpaired) electrons. The summed E-state index contributed by atoms with van der Waals surface area (Å²) in [6.07, 6.45) is -0.623. The fraction of sp³-hybridized carbons (Fsp3) is 0.600. The summed E-state index contributed by atoms with van der Waals surface area (Å²) in [6, 6.07) is 0. The molecular weight excluding hydrogens is 332 g/mol. The van der Waals surface area contributed by atoms with Gasteiger partial charge >= 0.3 is 11.9 Å². The van der Waals surface area contributed by atoms with Crippen LogP contribution in [0.4, 0.5) is 0 Å². The first kappa shape index (κ1) is 22.2. The molecule has 0 rings (SSSR count). The van der Waals surface area contributed by atoms with Crippen LogP contribution in [0.3, 0.4) is 0 Å². The van der Waals surface area contributed by atoms with Gasteiger partial charge in [0.1, 0.15) is 6.42 Å². The average molecular weight is 356 g/mol. The molecule has 0 aromatic rings. The summed E-state index contributed by atoms with van der Waals surface area (Å²) in [7, 11) is 0. The highest BCUT2D eigenvalue weighted by Gasteiger charge is 2.10. The molecule has 10 nitrogen and oxygen atoms in total. The SMILES string of the molecule is CCOC(=O)CC(C)=NNC(=O)CC(=O)NN=C(C)CC(=O)OCC. The van der Waals surface area contributed by atoms with Gasteiger partial charge in [-0.15, -0.1) is 0 Å². The summed E-state index contributed by atoms with van der Waals surface area (Å²) < 4.78 is 9.47. The first-order valence-corrected chi connectivity index (χ1v) is 7.73. The molecule has 0 heterocycles. The van der Waals surface area contributed by atoms with Gasteiger partial charge < -0.3 is 9.47 Å². The number of nitrogens with zero attached hydrogens (tertiary/aromatic N) is 2. The van der Waals surface area contributed by atoms with E-state index in [1.807, 2.05) is 0 Å². The molecule has 2 amide bonds. The first-order valence-electron chi connectivity index (χ1n) is 7.73. The fourth-order valence-electron chi connectivity index (χ4n) is 1.46. The lowest BCUT2D eigenvalue weighted by molar-refractivity contribution is -0.142. The Kier molecular flexibility index (Phi) is 11.2. The van der Waals surface area contributed by atoms with Crippen LogP contribution in [0.5, 0.6) is 0 Å². The third-order valence-electron chi connectivity index (χ3n) is 2.48. The lowest BCUT2D eigenvalue weighted by Crippen LogP contribution is -2.28. The molecule has 0 bridgehead atoms. The van der Waals surface area contributed by atoms with Crippen molar-refractivity contribution in [2.45, 2.75) is 47.0 Å². The molecule has 0 unspecified atom stereocenters. The second kappa shape index (κ2) is 12.6. The Morgan fingerprint density at radius 1 is 0.720 bits per heavy atom. The van der Waals surface area contributed by atoms with Crippen molar-refractivity contribution in [3.8, 4) is 0 Å². The van der Waals surface area contributed by atoms with Crippen molar-refractivity contribution in [3.05, 3.63) is 0 Å². The number of hydrogen-bond acceptors (Lipinski definition) is 8. The molecule has 0 aromatic carbocycles. The normalized spacial score (nSPS) is 11.5. The predicted molar refractivity (Wildman–Crippen MR) is 89.6 cm³/mol. The van der Waals surface area contributed by atoms with E-state index in [4.69, 9.17) is 9.47 Å². The van der Waals surface area contributed by atoms with E-state index < -0.39 is 30.2 Å². The van der Waals surface area contributed by atoms with Crippen LogP contribution in [0.2, 0.25) is 0 Å². The number of carbonyl (C=O) groups excluding carboxylic acids is 4. The van der Waals surface area contributed by atoms with Crippen molar-refractivity contribution in [2.75, 3.05) is 13.2 Å². The van der Waals surface area contributed by atoms with E-state index in [-0.39, 0.29) is 26.1 Å². The Morgan fingerprint density at radius 3 is 1.40 bits per heavy atom. The summed E-state index contributed by atoms with van der Waals surface area (Å²) in [5.41, 5.74) is 5.00. The molecule has 0 aliphatic rings. The second-order valence-electron chi connectivity index (χ2n) is 4.90. The summed E-state index contributed by atoms with van der Waals surface area (Å²) in [6.45, 7) is 6.97. The number of ether oxygens (including phenoxy) is 2. The highest BCUT2D eigenvalue weighted by Crippen LogP contribution is 1.92. The van der Waals surface area contributed by atoms with Gasteiger partial charge in [0.2, 0.25) is 11.8 Å². The number of hydrazone groups is 2. The van der Waals surface area contributed by atoms with Gasteiger partial charge in [-0.25, -0.2) is 10.9 Å². The molecule has 0 saturated heterocycles. The molecule has 0 saturated carbocycles. The summed E-state index contributed by atoms with van der Waals surface area (Å²) in [5.74, 6) is -2.25. The monoisotopic (exact) mass is 356 g/mol. The highest BCUT2D eigenvalue weighted by molar-refractivity contribution is 6.01. The Balaban J connectivity index is 4.23. The smallest absolute Gasteiger partial charge is 0.311 e. The molecule has 2 N–H and O–H groups in total. The average Bonchev–Trinajstić information content (AvgIpc) is 2.51. The largest absolute Gasteiger partial charge is 0.466 e. The number of carbonyl (C=O) groups is 4. The minimum atomic E-state index is -0.668. The lowest BCUT2D eigenvalue weighted by Gasteiger charge is -2.04. The van der Waals surface area contributed by atoms with Gasteiger partial charge in [0, 0.05) is 11.4 Å². The van der Waals surface area contributed by atoms with Crippen LogP contribution in [0, 0.1) is 0 Å². The van der Waals surface area contributed by atoms with E-state index in [9.17, 15) is 19.2 Å². The van der Waals surface area contributed by atoms with Crippen LogP contribution in [-0.2, 0) is 28.7 Å². The molecule has 0 aromatic heterocycles. The number of rotatable bonds is 10. The zero-order valence-corrected chi connectivity index (χ0v) is 14.9. The van der Waals surface area contributed by atoms with Gasteiger partial charge in [-0.1, -0.05) is 0 Å². The van der Waals surface area contributed by atoms with Crippen molar-refractivity contribution in [1.29, 1.82) is 0 Å². The maximum atomic E-state index is 11.6. The Labute approximate surface area is 146 Å². The molecule has 140 valence electrons. The first-order chi connectivity index (χ1) is 11.8. The fourth-order valence-corrected chi connectivity index (χ4v) is 1.46. The number of hydrogen-bond donors (Lipinski definition) is 2. The quantitative estimate of drug-likeness (QED) is 0.249. The number of esters is 2. The minimum absolute atomic E-state index is 0.0579. The molecule has 10 heteroatoms. The molecule has 0 aliphatic carbocycles. The van der Waals surface area contributed by atoms with Crippen LogP contribution in [-0.4, -0.2) is 48.4 Å². The Bertz CT molecular complexity index is 508. The molecular formula is C15H24N4O6. The zero-order valence-electron chi connectivity index (χ0n) is 14.9. The Hall–Kier alpha value is -2.78. The van der Waals surface area contributed by atoms with Crippen molar-refractivity contribution in [3.63, 3.8) is 0 Å². The molecule has 0 fully saturated rings. The van der Waals surface area contributed by atoms with Crippen molar-refractivity contribution >= 4 is 35.2 Å². The van der Waals surface area contributed by atoms with Crippen molar-refractivity contribution < 1.29 is 28.7 Å². The van der Waals surface area contributed by atoms with E-state index in [0.29, 0.717) is 11.4 Å². The lowest BCUT2D eigenvalue weighted by atomic mass is 10.3. The molecule has 0 atom stereocenters. The summed E-state index contributed by atoms with van der Waals surface area (Å²) in [5, 5.41) is 7.39. The molecule has 0 aliphatic heterocycles. The standard InChI is InChI=1S/C15H24N4O6/c1-5-24-14(22)7-10(3)16-18-12(20)9-13(21)19-17-11(4)8-15(23)25-6-2/h5-9H2,1-4H3,(H,18,20)(H,19,21).